The average molecular weight is 570 g/mol. The van der Waals surface area contributed by atoms with E-state index in [0.29, 0.717) is 16.3 Å². The van der Waals surface area contributed by atoms with Crippen molar-refractivity contribution in [2.45, 2.75) is 75.4 Å². The lowest BCUT2D eigenvalue weighted by Gasteiger charge is -2.37. The third-order valence-corrected chi connectivity index (χ3v) is 8.18. The summed E-state index contributed by atoms with van der Waals surface area (Å²) in [6.45, 7) is 2.07. The van der Waals surface area contributed by atoms with Crippen LogP contribution in [0.15, 0.2) is 45.9 Å². The van der Waals surface area contributed by atoms with Gasteiger partial charge in [0.15, 0.2) is 0 Å². The Bertz CT molecular complexity index is 1170. The molecular weight excluding hydrogens is 540 g/mol. The molecular formula is C27H29BrN4O3S. The van der Waals surface area contributed by atoms with Crippen molar-refractivity contribution in [1.82, 2.24) is 9.88 Å². The summed E-state index contributed by atoms with van der Waals surface area (Å²) in [7, 11) is 0. The van der Waals surface area contributed by atoms with Gasteiger partial charge in [0.05, 0.1) is 23.4 Å². The first kappa shape index (κ1) is 26.4. The van der Waals surface area contributed by atoms with E-state index in [1.165, 1.54) is 16.7 Å². The van der Waals surface area contributed by atoms with Crippen LogP contribution in [0.3, 0.4) is 0 Å². The van der Waals surface area contributed by atoms with E-state index in [1.807, 2.05) is 6.07 Å². The number of thioether (sulfide) groups is 1. The van der Waals surface area contributed by atoms with Crippen molar-refractivity contribution in [3.05, 3.63) is 52.1 Å². The molecule has 188 valence electrons. The molecule has 36 heavy (non-hydrogen) atoms. The number of hydrogen-bond donors (Lipinski definition) is 0. The van der Waals surface area contributed by atoms with Crippen LogP contribution in [0.5, 0.6) is 0 Å². The Morgan fingerprint density at radius 2 is 1.89 bits per heavy atom. The fraction of sp³-hybridized carbons (Fsp3) is 0.444. The van der Waals surface area contributed by atoms with Crippen molar-refractivity contribution in [2.75, 3.05) is 10.7 Å². The van der Waals surface area contributed by atoms with Gasteiger partial charge in [0.1, 0.15) is 17.1 Å². The maximum atomic E-state index is 13.7. The zero-order chi connectivity index (χ0) is 25.7. The quantitative estimate of drug-likeness (QED) is 0.318. The third kappa shape index (κ3) is 5.81. The molecule has 0 N–H and O–H groups in total. The molecule has 1 saturated heterocycles. The predicted molar refractivity (Wildman–Crippen MR) is 142 cm³/mol. The molecule has 3 amide bonds. The lowest BCUT2D eigenvalue weighted by molar-refractivity contribution is -0.139. The van der Waals surface area contributed by atoms with Crippen LogP contribution >= 0.6 is 27.7 Å². The number of amides is 3. The van der Waals surface area contributed by atoms with Crippen molar-refractivity contribution in [2.24, 2.45) is 0 Å². The van der Waals surface area contributed by atoms with Crippen LogP contribution in [0.1, 0.15) is 63.1 Å². The van der Waals surface area contributed by atoms with Gasteiger partial charge < -0.3 is 4.90 Å². The molecule has 9 heteroatoms. The summed E-state index contributed by atoms with van der Waals surface area (Å²) in [4.78, 5) is 47.6. The number of rotatable bonds is 8. The summed E-state index contributed by atoms with van der Waals surface area (Å²) in [5, 5.41) is 10.1. The van der Waals surface area contributed by atoms with Gasteiger partial charge in [-0.3, -0.25) is 14.4 Å². The standard InChI is InChI=1S/C27H29BrN4O3S/c1-2-6-20-12-9-18(16-29)26(30-20)36-17-25(34)31(21-7-4-3-5-8-21)23-15-24(33)32(27(23)35)22-13-10-19(28)11-14-22/h9-14,21,23H,2-8,15,17H2,1H3. The molecule has 4 rings (SSSR count). The highest BCUT2D eigenvalue weighted by molar-refractivity contribution is 9.10. The van der Waals surface area contributed by atoms with Crippen molar-refractivity contribution in [1.29, 1.82) is 5.26 Å². The number of hydrogen-bond acceptors (Lipinski definition) is 6. The number of aromatic nitrogens is 1. The van der Waals surface area contributed by atoms with Gasteiger partial charge in [-0.05, 0) is 55.7 Å². The Labute approximate surface area is 224 Å². The predicted octanol–water partition coefficient (Wildman–Crippen LogP) is 5.25. The number of benzene rings is 1. The van der Waals surface area contributed by atoms with E-state index in [1.54, 1.807) is 35.2 Å². The van der Waals surface area contributed by atoms with Gasteiger partial charge in [0, 0.05) is 16.2 Å². The van der Waals surface area contributed by atoms with Crippen LogP contribution in [-0.4, -0.2) is 45.4 Å². The van der Waals surface area contributed by atoms with Gasteiger partial charge in [-0.25, -0.2) is 9.88 Å². The number of nitrogens with zero attached hydrogens (tertiary/aromatic N) is 4. The van der Waals surface area contributed by atoms with Crippen LogP contribution in [0.25, 0.3) is 0 Å². The highest BCUT2D eigenvalue weighted by Crippen LogP contribution is 2.33. The van der Waals surface area contributed by atoms with E-state index in [0.717, 1.165) is 55.1 Å². The van der Waals surface area contributed by atoms with Gasteiger partial charge in [0.25, 0.3) is 5.91 Å². The molecule has 1 saturated carbocycles. The van der Waals surface area contributed by atoms with Crippen LogP contribution in [0.2, 0.25) is 0 Å². The second kappa shape index (κ2) is 12.0. The Kier molecular flexibility index (Phi) is 8.81. The van der Waals surface area contributed by atoms with Crippen LogP contribution in [-0.2, 0) is 20.8 Å². The highest BCUT2D eigenvalue weighted by atomic mass is 79.9. The summed E-state index contributed by atoms with van der Waals surface area (Å²) in [5.74, 6) is -0.784. The van der Waals surface area contributed by atoms with Crippen LogP contribution in [0.4, 0.5) is 5.69 Å². The number of aryl methyl sites for hydroxylation is 1. The second-order valence-electron chi connectivity index (χ2n) is 9.16. The van der Waals surface area contributed by atoms with E-state index in [-0.39, 0.29) is 35.9 Å². The molecule has 2 aromatic rings. The maximum Gasteiger partial charge on any atom is 0.257 e. The fourth-order valence-corrected chi connectivity index (χ4v) is 6.08. The van der Waals surface area contributed by atoms with E-state index >= 15 is 0 Å². The molecule has 0 bridgehead atoms. The molecule has 1 aromatic heterocycles. The summed E-state index contributed by atoms with van der Waals surface area (Å²) in [6, 6.07) is 11.9. The summed E-state index contributed by atoms with van der Waals surface area (Å²) in [5.41, 5.74) is 1.83. The normalized spacial score (nSPS) is 18.4. The number of carbonyl (C=O) groups excluding carboxylic acids is 3. The molecule has 1 aliphatic heterocycles. The molecule has 0 radical (unpaired) electrons. The zero-order valence-electron chi connectivity index (χ0n) is 20.3. The fourth-order valence-electron chi connectivity index (χ4n) is 4.96. The van der Waals surface area contributed by atoms with Gasteiger partial charge >= 0.3 is 0 Å². The van der Waals surface area contributed by atoms with Gasteiger partial charge in [0.2, 0.25) is 11.8 Å². The van der Waals surface area contributed by atoms with Crippen molar-refractivity contribution >= 4 is 51.1 Å². The first-order valence-corrected chi connectivity index (χ1v) is 14.2. The van der Waals surface area contributed by atoms with E-state index < -0.39 is 6.04 Å². The third-order valence-electron chi connectivity index (χ3n) is 6.68. The summed E-state index contributed by atoms with van der Waals surface area (Å²) in [6.07, 6.45) is 6.44. The minimum Gasteiger partial charge on any atom is -0.326 e. The lowest BCUT2D eigenvalue weighted by atomic mass is 9.92. The maximum absolute atomic E-state index is 13.7. The SMILES string of the molecule is CCCc1ccc(C#N)c(SCC(=O)N(C2CCCCC2)C2CC(=O)N(c3ccc(Br)cc3)C2=O)n1. The number of halogens is 1. The first-order chi connectivity index (χ1) is 17.4. The Hall–Kier alpha value is -2.70. The van der Waals surface area contributed by atoms with Crippen molar-refractivity contribution in [3.8, 4) is 6.07 Å². The van der Waals surface area contributed by atoms with Crippen molar-refractivity contribution in [3.63, 3.8) is 0 Å². The molecule has 7 nitrogen and oxygen atoms in total. The first-order valence-electron chi connectivity index (χ1n) is 12.4. The number of carbonyl (C=O) groups is 3. The molecule has 2 aliphatic rings. The van der Waals surface area contributed by atoms with E-state index in [2.05, 4.69) is 33.9 Å². The van der Waals surface area contributed by atoms with Gasteiger partial charge in [-0.15, -0.1) is 0 Å². The average Bonchev–Trinajstić information content (AvgIpc) is 3.17. The smallest absolute Gasteiger partial charge is 0.257 e. The van der Waals surface area contributed by atoms with Gasteiger partial charge in [-0.2, -0.15) is 5.26 Å². The lowest BCUT2D eigenvalue weighted by Crippen LogP contribution is -2.52. The van der Waals surface area contributed by atoms with E-state index in [9.17, 15) is 19.6 Å². The zero-order valence-corrected chi connectivity index (χ0v) is 22.7. The summed E-state index contributed by atoms with van der Waals surface area (Å²) >= 11 is 4.61. The Balaban J connectivity index is 1.57. The molecule has 2 fully saturated rings. The topological polar surface area (TPSA) is 94.4 Å². The number of nitriles is 1. The van der Waals surface area contributed by atoms with Gasteiger partial charge in [-0.1, -0.05) is 60.3 Å². The summed E-state index contributed by atoms with van der Waals surface area (Å²) < 4.78 is 0.853. The molecule has 1 unspecified atom stereocenters. The molecule has 1 aromatic carbocycles. The largest absolute Gasteiger partial charge is 0.326 e. The van der Waals surface area contributed by atoms with Crippen LogP contribution < -0.4 is 4.90 Å². The Morgan fingerprint density at radius 3 is 2.56 bits per heavy atom. The highest BCUT2D eigenvalue weighted by Gasteiger charge is 2.46. The Morgan fingerprint density at radius 1 is 1.17 bits per heavy atom. The van der Waals surface area contributed by atoms with Crippen molar-refractivity contribution < 1.29 is 14.4 Å². The number of anilines is 1. The molecule has 1 atom stereocenters. The minimum atomic E-state index is -0.813. The number of pyridine rings is 1. The molecule has 1 aliphatic carbocycles. The van der Waals surface area contributed by atoms with E-state index in [4.69, 9.17) is 0 Å². The second-order valence-corrected chi connectivity index (χ2v) is 11.0. The van der Waals surface area contributed by atoms with Crippen LogP contribution in [0, 0.1) is 11.3 Å². The monoisotopic (exact) mass is 568 g/mol. The molecule has 2 heterocycles. The number of imide groups is 1. The minimum absolute atomic E-state index is 0.0184. The molecule has 0 spiro atoms.